The Morgan fingerprint density at radius 2 is 1.94 bits per heavy atom. The van der Waals surface area contributed by atoms with E-state index in [1.807, 2.05) is 55.5 Å². The third-order valence-corrected chi connectivity index (χ3v) is 6.78. The van der Waals surface area contributed by atoms with Crippen molar-refractivity contribution in [3.8, 4) is 0 Å². The molecule has 5 nitrogen and oxygen atoms in total. The van der Waals surface area contributed by atoms with Crippen LogP contribution in [0.25, 0.3) is 10.1 Å². The summed E-state index contributed by atoms with van der Waals surface area (Å²) >= 11 is 1.70. The van der Waals surface area contributed by atoms with Crippen LogP contribution in [0.1, 0.15) is 36.8 Å². The Hall–Kier alpha value is -2.67. The number of carbonyl (C=O) groups excluding carboxylic acids is 1. The minimum Gasteiger partial charge on any atom is -0.459 e. The molecule has 3 atom stereocenters. The third kappa shape index (κ3) is 5.04. The second-order valence-electron chi connectivity index (χ2n) is 7.88. The highest BCUT2D eigenvalue weighted by Crippen LogP contribution is 2.43. The Kier molecular flexibility index (Phi) is 7.58. The van der Waals surface area contributed by atoms with Gasteiger partial charge in [0.05, 0.1) is 0 Å². The highest BCUT2D eigenvalue weighted by molar-refractivity contribution is 7.17. The highest BCUT2D eigenvalue weighted by atomic mass is 32.1. The minimum absolute atomic E-state index is 0.00535. The molecule has 1 aromatic heterocycles. The molecule has 1 aliphatic rings. The third-order valence-electron chi connectivity index (χ3n) is 5.80. The van der Waals surface area contributed by atoms with Gasteiger partial charge in [-0.3, -0.25) is 4.79 Å². The van der Waals surface area contributed by atoms with E-state index in [0.717, 1.165) is 12.0 Å². The van der Waals surface area contributed by atoms with Crippen molar-refractivity contribution in [3.05, 3.63) is 82.9 Å². The maximum atomic E-state index is 13.0. The lowest BCUT2D eigenvalue weighted by Crippen LogP contribution is -2.38. The summed E-state index contributed by atoms with van der Waals surface area (Å²) in [5, 5.41) is 15.8. The lowest BCUT2D eigenvalue weighted by atomic mass is 9.80. The number of aliphatic hydroxyl groups is 1. The van der Waals surface area contributed by atoms with E-state index in [0.29, 0.717) is 25.3 Å². The predicted octanol–water partition coefficient (Wildman–Crippen LogP) is 4.97. The second-order valence-corrected chi connectivity index (χ2v) is 8.79. The van der Waals surface area contributed by atoms with Crippen molar-refractivity contribution in [2.45, 2.75) is 38.5 Å². The predicted molar refractivity (Wildman–Crippen MR) is 127 cm³/mol. The number of benzene rings is 2. The van der Waals surface area contributed by atoms with Crippen LogP contribution < -0.4 is 5.32 Å². The van der Waals surface area contributed by atoms with E-state index in [-0.39, 0.29) is 24.3 Å². The number of amides is 1. The van der Waals surface area contributed by atoms with Crippen LogP contribution in [0.4, 0.5) is 0 Å². The van der Waals surface area contributed by atoms with Crippen molar-refractivity contribution in [3.63, 3.8) is 0 Å². The molecule has 4 rings (SSSR count). The van der Waals surface area contributed by atoms with E-state index in [1.165, 1.54) is 15.6 Å². The van der Waals surface area contributed by atoms with E-state index >= 15 is 0 Å². The van der Waals surface area contributed by atoms with Crippen molar-refractivity contribution in [2.75, 3.05) is 13.2 Å². The van der Waals surface area contributed by atoms with Crippen molar-refractivity contribution in [2.24, 2.45) is 5.92 Å². The molecule has 0 saturated heterocycles. The summed E-state index contributed by atoms with van der Waals surface area (Å²) in [6, 6.07) is 18.1. The van der Waals surface area contributed by atoms with Crippen molar-refractivity contribution in [1.82, 2.24) is 5.32 Å². The molecule has 3 aromatic rings. The fraction of sp³-hybridized carbons (Fsp3) is 0.346. The van der Waals surface area contributed by atoms with Gasteiger partial charge in [-0.05, 0) is 53.8 Å². The van der Waals surface area contributed by atoms with E-state index < -0.39 is 6.29 Å². The number of nitrogens with one attached hydrogen (secondary N) is 1. The summed E-state index contributed by atoms with van der Waals surface area (Å²) in [5.41, 5.74) is 2.20. The molecule has 6 heteroatoms. The van der Waals surface area contributed by atoms with Gasteiger partial charge in [-0.25, -0.2) is 0 Å². The van der Waals surface area contributed by atoms with E-state index in [1.54, 1.807) is 11.3 Å². The quantitative estimate of drug-likeness (QED) is 0.482. The number of hydrogen-bond donors (Lipinski definition) is 2. The van der Waals surface area contributed by atoms with Crippen molar-refractivity contribution >= 4 is 27.3 Å². The molecule has 1 amide bonds. The summed E-state index contributed by atoms with van der Waals surface area (Å²) in [6.07, 6.45) is 2.79. The molecule has 2 aromatic carbocycles. The molecule has 168 valence electrons. The number of aliphatic hydroxyl groups excluding tert-OH is 1. The van der Waals surface area contributed by atoms with Gasteiger partial charge in [-0.15, -0.1) is 11.3 Å². The monoisotopic (exact) mass is 451 g/mol. The first-order valence-corrected chi connectivity index (χ1v) is 12.0. The molecular weight excluding hydrogens is 422 g/mol. The maximum absolute atomic E-state index is 13.0. The molecule has 0 bridgehead atoms. The fourth-order valence-corrected chi connectivity index (χ4v) is 5.25. The summed E-state index contributed by atoms with van der Waals surface area (Å²) in [7, 11) is 0. The van der Waals surface area contributed by atoms with Gasteiger partial charge >= 0.3 is 0 Å². The average Bonchev–Trinajstić information content (AvgIpc) is 3.26. The smallest absolute Gasteiger partial charge is 0.286 e. The van der Waals surface area contributed by atoms with Crippen LogP contribution in [0.2, 0.25) is 0 Å². The van der Waals surface area contributed by atoms with E-state index in [4.69, 9.17) is 9.47 Å². The maximum Gasteiger partial charge on any atom is 0.286 e. The zero-order valence-corrected chi connectivity index (χ0v) is 19.0. The SMILES string of the molecule is CCO[C@@H]1OC(C(=O)NCc2ccccc2)=C[C@H](c2csc3ccccc23)[C@H]1CCCO. The van der Waals surface area contributed by atoms with Gasteiger partial charge in [0.15, 0.2) is 5.76 Å². The molecule has 0 fully saturated rings. The van der Waals surface area contributed by atoms with Crippen molar-refractivity contribution in [1.29, 1.82) is 0 Å². The van der Waals surface area contributed by atoms with Gasteiger partial charge in [-0.2, -0.15) is 0 Å². The van der Waals surface area contributed by atoms with Gasteiger partial charge in [0.25, 0.3) is 5.91 Å². The molecule has 0 aliphatic carbocycles. The topological polar surface area (TPSA) is 67.8 Å². The Bertz CT molecular complexity index is 1060. The summed E-state index contributed by atoms with van der Waals surface area (Å²) in [4.78, 5) is 13.0. The number of fused-ring (bicyclic) bond motifs is 1. The van der Waals surface area contributed by atoms with Crippen LogP contribution in [-0.2, 0) is 20.8 Å². The number of hydrogen-bond acceptors (Lipinski definition) is 5. The number of carbonyl (C=O) groups is 1. The van der Waals surface area contributed by atoms with Crippen LogP contribution in [0, 0.1) is 5.92 Å². The van der Waals surface area contributed by atoms with Gasteiger partial charge in [0.2, 0.25) is 6.29 Å². The molecule has 2 N–H and O–H groups in total. The molecule has 0 radical (unpaired) electrons. The van der Waals surface area contributed by atoms with Crippen LogP contribution in [0.3, 0.4) is 0 Å². The van der Waals surface area contributed by atoms with Crippen LogP contribution in [0.15, 0.2) is 71.8 Å². The standard InChI is InChI=1S/C26H29NO4S/c1-2-30-26-20(12-8-14-28)21(22-17-32-24-13-7-6-11-19(22)24)15-23(31-26)25(29)27-16-18-9-4-3-5-10-18/h3-7,9-11,13,15,17,20-21,26,28H,2,8,12,14,16H2,1H3,(H,27,29)/t20-,21+,26-/m1/s1. The normalized spacial score (nSPS) is 20.6. The summed E-state index contributed by atoms with van der Waals surface area (Å²) in [5.74, 6) is 0.00913. The minimum atomic E-state index is -0.544. The molecule has 0 spiro atoms. The Balaban J connectivity index is 1.65. The summed E-state index contributed by atoms with van der Waals surface area (Å²) in [6.45, 7) is 2.95. The number of allylic oxidation sites excluding steroid dienone is 1. The molecular formula is C26H29NO4S. The van der Waals surface area contributed by atoms with E-state index in [2.05, 4.69) is 22.8 Å². The van der Waals surface area contributed by atoms with Crippen LogP contribution >= 0.6 is 11.3 Å². The summed E-state index contributed by atoms with van der Waals surface area (Å²) < 4.78 is 13.2. The van der Waals surface area contributed by atoms with Gasteiger partial charge < -0.3 is 19.9 Å². The number of ether oxygens (including phenoxy) is 2. The molecule has 32 heavy (non-hydrogen) atoms. The first kappa shape index (κ1) is 22.5. The lowest BCUT2D eigenvalue weighted by Gasteiger charge is -2.36. The second kappa shape index (κ2) is 10.8. The highest BCUT2D eigenvalue weighted by Gasteiger charge is 2.38. The Morgan fingerprint density at radius 1 is 1.16 bits per heavy atom. The fourth-order valence-electron chi connectivity index (χ4n) is 4.24. The van der Waals surface area contributed by atoms with Gasteiger partial charge in [0, 0.05) is 36.3 Å². The van der Waals surface area contributed by atoms with Gasteiger partial charge in [-0.1, -0.05) is 48.5 Å². The molecule has 2 heterocycles. The van der Waals surface area contributed by atoms with Crippen LogP contribution in [-0.4, -0.2) is 30.5 Å². The first-order chi connectivity index (χ1) is 15.7. The molecule has 0 saturated carbocycles. The number of rotatable bonds is 9. The zero-order valence-electron chi connectivity index (χ0n) is 18.2. The first-order valence-electron chi connectivity index (χ1n) is 11.1. The lowest BCUT2D eigenvalue weighted by molar-refractivity contribution is -0.166. The largest absolute Gasteiger partial charge is 0.459 e. The Morgan fingerprint density at radius 3 is 2.72 bits per heavy atom. The number of thiophene rings is 1. The zero-order chi connectivity index (χ0) is 22.3. The Labute approximate surface area is 192 Å². The average molecular weight is 452 g/mol. The van der Waals surface area contributed by atoms with Crippen molar-refractivity contribution < 1.29 is 19.4 Å². The van der Waals surface area contributed by atoms with Gasteiger partial charge in [0.1, 0.15) is 0 Å². The molecule has 1 aliphatic heterocycles. The molecule has 0 unspecified atom stereocenters. The van der Waals surface area contributed by atoms with E-state index in [9.17, 15) is 9.90 Å². The van der Waals surface area contributed by atoms with Crippen LogP contribution in [0.5, 0.6) is 0 Å².